The van der Waals surface area contributed by atoms with Crippen LogP contribution in [0.1, 0.15) is 53.9 Å². The Labute approximate surface area is 222 Å². The number of esters is 1. The Hall–Kier alpha value is -2.93. The summed E-state index contributed by atoms with van der Waals surface area (Å²) in [7, 11) is 1.44. The van der Waals surface area contributed by atoms with Gasteiger partial charge in [0.2, 0.25) is 5.91 Å². The van der Waals surface area contributed by atoms with Gasteiger partial charge in [-0.3, -0.25) is 4.79 Å². The van der Waals surface area contributed by atoms with Gasteiger partial charge in [-0.1, -0.05) is 43.5 Å². The zero-order valence-corrected chi connectivity index (χ0v) is 22.4. The third kappa shape index (κ3) is 4.52. The summed E-state index contributed by atoms with van der Waals surface area (Å²) in [6.45, 7) is 3.59. The number of benzene rings is 2. The smallest absolute Gasteiger partial charge is 0.337 e. The molecule has 6 rings (SSSR count). The highest BCUT2D eigenvalue weighted by molar-refractivity contribution is 7.99. The molecule has 0 radical (unpaired) electrons. The van der Waals surface area contributed by atoms with Gasteiger partial charge >= 0.3 is 5.97 Å². The molecule has 2 aromatic carbocycles. The minimum Gasteiger partial charge on any atom is -0.465 e. The molecule has 0 atom stereocenters. The van der Waals surface area contributed by atoms with E-state index in [4.69, 9.17) is 4.74 Å². The summed E-state index contributed by atoms with van der Waals surface area (Å²) in [4.78, 5) is 30.0. The first kappa shape index (κ1) is 24.4. The quantitative estimate of drug-likeness (QED) is 0.426. The number of hydrogen-bond donors (Lipinski definition) is 0. The van der Waals surface area contributed by atoms with Crippen LogP contribution in [-0.4, -0.2) is 66.1 Å². The first-order valence-electron chi connectivity index (χ1n) is 13.6. The molecule has 0 N–H and O–H groups in total. The molecule has 1 aromatic heterocycles. The molecule has 0 bridgehead atoms. The van der Waals surface area contributed by atoms with Gasteiger partial charge < -0.3 is 19.1 Å². The van der Waals surface area contributed by atoms with E-state index < -0.39 is 0 Å². The molecule has 0 unspecified atom stereocenters. The Morgan fingerprint density at radius 2 is 1.76 bits per heavy atom. The lowest BCUT2D eigenvalue weighted by Gasteiger charge is -2.31. The molecule has 0 spiro atoms. The summed E-state index contributed by atoms with van der Waals surface area (Å²) in [5.41, 5.74) is 6.68. The van der Waals surface area contributed by atoms with Gasteiger partial charge in [-0.15, -0.1) is 0 Å². The summed E-state index contributed by atoms with van der Waals surface area (Å²) in [6.07, 6.45) is 6.21. The van der Waals surface area contributed by atoms with E-state index in [1.807, 2.05) is 28.8 Å². The van der Waals surface area contributed by atoms with E-state index in [-0.39, 0.29) is 11.9 Å². The van der Waals surface area contributed by atoms with Crippen LogP contribution in [0.4, 0.5) is 5.69 Å². The Kier molecular flexibility index (Phi) is 6.89. The van der Waals surface area contributed by atoms with Crippen molar-refractivity contribution in [1.82, 2.24) is 9.47 Å². The Morgan fingerprint density at radius 3 is 2.54 bits per heavy atom. The molecule has 1 amide bonds. The van der Waals surface area contributed by atoms with E-state index in [1.54, 1.807) is 0 Å². The monoisotopic (exact) mass is 517 g/mol. The second-order valence-corrected chi connectivity index (χ2v) is 11.6. The summed E-state index contributed by atoms with van der Waals surface area (Å²) < 4.78 is 7.46. The Morgan fingerprint density at radius 1 is 0.973 bits per heavy atom. The van der Waals surface area contributed by atoms with Crippen molar-refractivity contribution in [2.24, 2.45) is 0 Å². The topological polar surface area (TPSA) is 54.8 Å². The van der Waals surface area contributed by atoms with Crippen molar-refractivity contribution < 1.29 is 14.3 Å². The fraction of sp³-hybridized carbons (Fsp3) is 0.467. The van der Waals surface area contributed by atoms with E-state index >= 15 is 0 Å². The molecule has 2 aliphatic heterocycles. The highest BCUT2D eigenvalue weighted by Crippen LogP contribution is 2.47. The summed E-state index contributed by atoms with van der Waals surface area (Å²) in [5, 5.41) is 1.25. The number of methoxy groups -OCH3 is 1. The summed E-state index contributed by atoms with van der Waals surface area (Å²) in [5.74, 6) is 2.45. The second kappa shape index (κ2) is 10.4. The maximum Gasteiger partial charge on any atom is 0.337 e. The average Bonchev–Trinajstić information content (AvgIpc) is 3.20. The molecular formula is C30H35N3O3S. The fourth-order valence-electron chi connectivity index (χ4n) is 6.48. The van der Waals surface area contributed by atoms with Gasteiger partial charge in [-0.25, -0.2) is 4.79 Å². The van der Waals surface area contributed by atoms with Crippen molar-refractivity contribution >= 4 is 40.2 Å². The number of anilines is 1. The van der Waals surface area contributed by atoms with Gasteiger partial charge in [0.25, 0.3) is 0 Å². The normalized spacial score (nSPS) is 18.3. The number of nitrogens with zero attached hydrogens (tertiary/aromatic N) is 3. The third-order valence-corrected chi connectivity index (χ3v) is 9.26. The van der Waals surface area contributed by atoms with Crippen LogP contribution in [0.5, 0.6) is 0 Å². The van der Waals surface area contributed by atoms with Gasteiger partial charge in [0.05, 0.1) is 24.9 Å². The van der Waals surface area contributed by atoms with Crippen LogP contribution in [0.15, 0.2) is 42.5 Å². The maximum absolute atomic E-state index is 13.3. The van der Waals surface area contributed by atoms with Crippen molar-refractivity contribution in [1.29, 1.82) is 0 Å². The molecule has 194 valence electrons. The Balaban J connectivity index is 1.48. The molecular weight excluding hydrogens is 482 g/mol. The molecule has 37 heavy (non-hydrogen) atoms. The lowest BCUT2D eigenvalue weighted by atomic mass is 9.81. The second-order valence-electron chi connectivity index (χ2n) is 10.4. The summed E-state index contributed by atoms with van der Waals surface area (Å²) >= 11 is 1.92. The number of para-hydroxylation sites is 1. The molecule has 3 aromatic rings. The molecule has 6 nitrogen and oxygen atoms in total. The maximum atomic E-state index is 13.3. The molecule has 3 aliphatic rings. The zero-order valence-electron chi connectivity index (χ0n) is 21.6. The number of rotatable bonds is 4. The minimum absolute atomic E-state index is 0.215. The van der Waals surface area contributed by atoms with Crippen molar-refractivity contribution in [3.8, 4) is 11.3 Å². The number of thioether (sulfide) groups is 1. The van der Waals surface area contributed by atoms with Crippen LogP contribution in [0.2, 0.25) is 0 Å². The van der Waals surface area contributed by atoms with Crippen LogP contribution >= 0.6 is 11.8 Å². The standard InChI is InChI=1S/C30H35N3O3S/c1-36-30(35)22-11-12-23-26(19-22)33-14-13-32(20-27(34)31-15-17-37-18-16-31)25-10-6-5-9-24(25)29(33)28(23)21-7-3-2-4-8-21/h5-6,9-12,19,21H,2-4,7-8,13-18,20H2,1H3. The third-order valence-electron chi connectivity index (χ3n) is 8.32. The van der Waals surface area contributed by atoms with Crippen molar-refractivity contribution in [3.05, 3.63) is 53.6 Å². The van der Waals surface area contributed by atoms with Crippen LogP contribution in [-0.2, 0) is 16.1 Å². The fourth-order valence-corrected chi connectivity index (χ4v) is 7.38. The summed E-state index contributed by atoms with van der Waals surface area (Å²) in [6, 6.07) is 14.6. The van der Waals surface area contributed by atoms with Gasteiger partial charge in [0.1, 0.15) is 0 Å². The molecule has 3 heterocycles. The predicted molar refractivity (Wildman–Crippen MR) is 151 cm³/mol. The lowest BCUT2D eigenvalue weighted by molar-refractivity contribution is -0.129. The number of carbonyl (C=O) groups is 2. The number of aromatic nitrogens is 1. The molecule has 7 heteroatoms. The zero-order chi connectivity index (χ0) is 25.4. The first-order valence-corrected chi connectivity index (χ1v) is 14.8. The van der Waals surface area contributed by atoms with Gasteiger partial charge in [0.15, 0.2) is 0 Å². The highest BCUT2D eigenvalue weighted by atomic mass is 32.2. The van der Waals surface area contributed by atoms with Crippen LogP contribution in [0.25, 0.3) is 22.2 Å². The van der Waals surface area contributed by atoms with Crippen molar-refractivity contribution in [3.63, 3.8) is 0 Å². The highest BCUT2D eigenvalue weighted by Gasteiger charge is 2.31. The number of amides is 1. The van der Waals surface area contributed by atoms with Crippen LogP contribution in [0, 0.1) is 0 Å². The van der Waals surface area contributed by atoms with E-state index in [9.17, 15) is 9.59 Å². The van der Waals surface area contributed by atoms with Crippen LogP contribution < -0.4 is 4.90 Å². The molecule has 1 saturated heterocycles. The van der Waals surface area contributed by atoms with Gasteiger partial charge in [-0.05, 0) is 42.5 Å². The predicted octanol–water partition coefficient (Wildman–Crippen LogP) is 5.54. The number of ether oxygens (including phenoxy) is 1. The molecule has 1 saturated carbocycles. The SMILES string of the molecule is COC(=O)c1ccc2c(C3CCCCC3)c3n(c2c1)CCN(CC(=O)N1CCSCC1)c1ccccc1-3. The van der Waals surface area contributed by atoms with E-state index in [0.717, 1.165) is 48.9 Å². The van der Waals surface area contributed by atoms with Crippen molar-refractivity contribution in [2.75, 3.05) is 49.7 Å². The largest absolute Gasteiger partial charge is 0.465 e. The average molecular weight is 518 g/mol. The van der Waals surface area contributed by atoms with E-state index in [0.29, 0.717) is 18.0 Å². The van der Waals surface area contributed by atoms with Crippen LogP contribution in [0.3, 0.4) is 0 Å². The first-order chi connectivity index (χ1) is 18.2. The molecule has 1 aliphatic carbocycles. The Bertz CT molecular complexity index is 1320. The number of carbonyl (C=O) groups excluding carboxylic acids is 2. The van der Waals surface area contributed by atoms with Gasteiger partial charge in [0, 0.05) is 59.8 Å². The number of hydrogen-bond acceptors (Lipinski definition) is 5. The molecule has 2 fully saturated rings. The van der Waals surface area contributed by atoms with Crippen molar-refractivity contribution in [2.45, 2.75) is 44.6 Å². The van der Waals surface area contributed by atoms with E-state index in [1.165, 1.54) is 61.4 Å². The number of fused-ring (bicyclic) bond motifs is 5. The van der Waals surface area contributed by atoms with Gasteiger partial charge in [-0.2, -0.15) is 11.8 Å². The lowest BCUT2D eigenvalue weighted by Crippen LogP contribution is -2.44. The minimum atomic E-state index is -0.308. The van der Waals surface area contributed by atoms with E-state index in [2.05, 4.69) is 39.8 Å².